The van der Waals surface area contributed by atoms with Crippen LogP contribution in [0.2, 0.25) is 0 Å². The highest BCUT2D eigenvalue weighted by Gasteiger charge is 2.40. The van der Waals surface area contributed by atoms with Gasteiger partial charge in [-0.05, 0) is 36.6 Å². The van der Waals surface area contributed by atoms with Gasteiger partial charge in [-0.25, -0.2) is 4.79 Å². The molecule has 1 heterocycles. The molecule has 0 spiro atoms. The molecule has 0 radical (unpaired) electrons. The maximum absolute atomic E-state index is 13.2. The topological polar surface area (TPSA) is 49.9 Å². The lowest BCUT2D eigenvalue weighted by Gasteiger charge is -2.43. The molecule has 0 aromatic heterocycles. The van der Waals surface area contributed by atoms with Crippen molar-refractivity contribution in [2.24, 2.45) is 0 Å². The normalized spacial score (nSPS) is 19.7. The van der Waals surface area contributed by atoms with Crippen LogP contribution in [0, 0.1) is 0 Å². The number of nitrogens with zero attached hydrogens (tertiary/aromatic N) is 2. The predicted octanol–water partition coefficient (Wildman–Crippen LogP) is 4.37. The summed E-state index contributed by atoms with van der Waals surface area (Å²) in [6, 6.07) is 2.52. The SMILES string of the molecule is CCC(=O)N1c2ccc(C(F)(F)F)cc2[C@@H](N(C)C(=O)OC)C[C@H]1CC. The second-order valence-corrected chi connectivity index (χ2v) is 6.28. The number of ether oxygens (including phenoxy) is 1. The fourth-order valence-corrected chi connectivity index (χ4v) is 3.40. The molecule has 2 atom stereocenters. The Bertz CT molecular complexity index is 691. The second kappa shape index (κ2) is 7.55. The molecule has 144 valence electrons. The van der Waals surface area contributed by atoms with Crippen molar-refractivity contribution in [3.05, 3.63) is 29.3 Å². The van der Waals surface area contributed by atoms with Crippen molar-refractivity contribution in [1.29, 1.82) is 0 Å². The van der Waals surface area contributed by atoms with E-state index in [-0.39, 0.29) is 18.4 Å². The molecule has 0 N–H and O–H groups in total. The van der Waals surface area contributed by atoms with Gasteiger partial charge in [-0.1, -0.05) is 13.8 Å². The van der Waals surface area contributed by atoms with Crippen LogP contribution in [0.4, 0.5) is 23.7 Å². The van der Waals surface area contributed by atoms with E-state index >= 15 is 0 Å². The van der Waals surface area contributed by atoms with Crippen LogP contribution in [-0.2, 0) is 15.7 Å². The lowest BCUT2D eigenvalue weighted by Crippen LogP contribution is -2.47. The van der Waals surface area contributed by atoms with Crippen LogP contribution in [-0.4, -0.2) is 37.1 Å². The molecule has 1 aliphatic rings. The highest BCUT2D eigenvalue weighted by molar-refractivity contribution is 5.95. The first kappa shape index (κ1) is 20.1. The number of hydrogen-bond acceptors (Lipinski definition) is 3. The Labute approximate surface area is 150 Å². The number of halogens is 3. The van der Waals surface area contributed by atoms with Crippen LogP contribution in [0.1, 0.15) is 50.3 Å². The van der Waals surface area contributed by atoms with Gasteiger partial charge in [0.2, 0.25) is 5.91 Å². The highest BCUT2D eigenvalue weighted by Crippen LogP contribution is 2.44. The van der Waals surface area contributed by atoms with Gasteiger partial charge in [0.25, 0.3) is 0 Å². The minimum absolute atomic E-state index is 0.156. The molecule has 0 unspecified atom stereocenters. The third kappa shape index (κ3) is 3.64. The second-order valence-electron chi connectivity index (χ2n) is 6.28. The molecule has 0 fully saturated rings. The summed E-state index contributed by atoms with van der Waals surface area (Å²) in [4.78, 5) is 27.3. The van der Waals surface area contributed by atoms with Crippen LogP contribution >= 0.6 is 0 Å². The van der Waals surface area contributed by atoms with Crippen molar-refractivity contribution in [2.75, 3.05) is 19.1 Å². The Morgan fingerprint density at radius 1 is 1.31 bits per heavy atom. The third-order valence-corrected chi connectivity index (χ3v) is 4.81. The van der Waals surface area contributed by atoms with E-state index in [9.17, 15) is 22.8 Å². The third-order valence-electron chi connectivity index (χ3n) is 4.81. The Kier molecular flexibility index (Phi) is 5.83. The standard InChI is InChI=1S/C18H23F3N2O3/c1-5-12-10-15(22(3)17(25)26-4)13-9-11(18(19,20)21)7-8-14(13)23(12)16(24)6-2/h7-9,12,15H,5-6,10H2,1-4H3/t12-,15+/m1/s1. The summed E-state index contributed by atoms with van der Waals surface area (Å²) in [5.41, 5.74) is -0.0821. The molecule has 26 heavy (non-hydrogen) atoms. The van der Waals surface area contributed by atoms with Crippen LogP contribution in [0.15, 0.2) is 18.2 Å². The first-order valence-electron chi connectivity index (χ1n) is 8.49. The maximum atomic E-state index is 13.2. The zero-order valence-electron chi connectivity index (χ0n) is 15.3. The number of fused-ring (bicyclic) bond motifs is 1. The van der Waals surface area contributed by atoms with Crippen molar-refractivity contribution in [3.63, 3.8) is 0 Å². The zero-order valence-corrected chi connectivity index (χ0v) is 15.3. The number of amides is 2. The molecule has 1 aromatic carbocycles. The minimum atomic E-state index is -4.51. The Hall–Kier alpha value is -2.25. The summed E-state index contributed by atoms with van der Waals surface area (Å²) in [5, 5.41) is 0. The number of alkyl halides is 3. The number of rotatable bonds is 3. The molecule has 0 aliphatic carbocycles. The summed E-state index contributed by atoms with van der Waals surface area (Å²) < 4.78 is 44.3. The average molecular weight is 372 g/mol. The Balaban J connectivity index is 2.63. The molecule has 0 saturated carbocycles. The monoisotopic (exact) mass is 372 g/mol. The lowest BCUT2D eigenvalue weighted by atomic mass is 9.87. The summed E-state index contributed by atoms with van der Waals surface area (Å²) in [6.07, 6.45) is -3.93. The molecule has 1 aliphatic heterocycles. The van der Waals surface area contributed by atoms with Crippen LogP contribution < -0.4 is 4.90 Å². The van der Waals surface area contributed by atoms with Crippen molar-refractivity contribution in [2.45, 2.75) is 51.4 Å². The van der Waals surface area contributed by atoms with Crippen LogP contribution in [0.25, 0.3) is 0 Å². The summed E-state index contributed by atoms with van der Waals surface area (Å²) in [5.74, 6) is -0.156. The number of hydrogen-bond donors (Lipinski definition) is 0. The molecule has 0 bridgehead atoms. The van der Waals surface area contributed by atoms with Gasteiger partial charge in [-0.2, -0.15) is 13.2 Å². The molecule has 8 heteroatoms. The number of benzene rings is 1. The molecular weight excluding hydrogens is 349 g/mol. The summed E-state index contributed by atoms with van der Waals surface area (Å²) >= 11 is 0. The Morgan fingerprint density at radius 3 is 2.46 bits per heavy atom. The van der Waals surface area contributed by atoms with Crippen molar-refractivity contribution in [1.82, 2.24) is 4.90 Å². The molecular formula is C18H23F3N2O3. The van der Waals surface area contributed by atoms with Gasteiger partial charge in [0.05, 0.1) is 18.7 Å². The first-order chi connectivity index (χ1) is 12.1. The summed E-state index contributed by atoms with van der Waals surface area (Å²) in [6.45, 7) is 3.62. The van der Waals surface area contributed by atoms with Gasteiger partial charge in [0.15, 0.2) is 0 Å². The lowest BCUT2D eigenvalue weighted by molar-refractivity contribution is -0.137. The van der Waals surface area contributed by atoms with E-state index in [1.807, 2.05) is 6.92 Å². The van der Waals surface area contributed by atoms with E-state index in [1.165, 1.54) is 25.1 Å². The quantitative estimate of drug-likeness (QED) is 0.792. The van der Waals surface area contributed by atoms with E-state index in [0.717, 1.165) is 12.1 Å². The van der Waals surface area contributed by atoms with Gasteiger partial charge in [-0.15, -0.1) is 0 Å². The smallest absolute Gasteiger partial charge is 0.416 e. The van der Waals surface area contributed by atoms with Crippen molar-refractivity contribution in [3.8, 4) is 0 Å². The van der Waals surface area contributed by atoms with Gasteiger partial charge >= 0.3 is 12.3 Å². The number of anilines is 1. The van der Waals surface area contributed by atoms with E-state index in [0.29, 0.717) is 24.1 Å². The number of methoxy groups -OCH3 is 1. The van der Waals surface area contributed by atoms with E-state index in [1.54, 1.807) is 11.8 Å². The number of carbonyl (C=O) groups is 2. The maximum Gasteiger partial charge on any atom is 0.416 e. The van der Waals surface area contributed by atoms with E-state index < -0.39 is 23.9 Å². The van der Waals surface area contributed by atoms with Gasteiger partial charge in [0, 0.05) is 25.2 Å². The summed E-state index contributed by atoms with van der Waals surface area (Å²) in [7, 11) is 2.71. The minimum Gasteiger partial charge on any atom is -0.453 e. The highest BCUT2D eigenvalue weighted by atomic mass is 19.4. The van der Waals surface area contributed by atoms with Crippen LogP contribution in [0.5, 0.6) is 0 Å². The van der Waals surface area contributed by atoms with Gasteiger partial charge in [0.1, 0.15) is 0 Å². The molecule has 5 nitrogen and oxygen atoms in total. The van der Waals surface area contributed by atoms with Gasteiger partial charge < -0.3 is 14.5 Å². The zero-order chi connectivity index (χ0) is 19.6. The van der Waals surface area contributed by atoms with E-state index in [4.69, 9.17) is 4.74 Å². The van der Waals surface area contributed by atoms with Crippen molar-refractivity contribution >= 4 is 17.7 Å². The van der Waals surface area contributed by atoms with Crippen LogP contribution in [0.3, 0.4) is 0 Å². The Morgan fingerprint density at radius 2 is 1.96 bits per heavy atom. The van der Waals surface area contributed by atoms with Crippen molar-refractivity contribution < 1.29 is 27.5 Å². The number of carbonyl (C=O) groups excluding carboxylic acids is 2. The van der Waals surface area contributed by atoms with Gasteiger partial charge in [-0.3, -0.25) is 4.79 Å². The molecule has 2 amide bonds. The predicted molar refractivity (Wildman–Crippen MR) is 90.8 cm³/mol. The van der Waals surface area contributed by atoms with E-state index in [2.05, 4.69) is 0 Å². The largest absolute Gasteiger partial charge is 0.453 e. The molecule has 0 saturated heterocycles. The fraction of sp³-hybridized carbons (Fsp3) is 0.556. The fourth-order valence-electron chi connectivity index (χ4n) is 3.40. The molecule has 1 aromatic rings. The first-order valence-corrected chi connectivity index (χ1v) is 8.49. The average Bonchev–Trinajstić information content (AvgIpc) is 2.63. The molecule has 2 rings (SSSR count).